The summed E-state index contributed by atoms with van der Waals surface area (Å²) >= 11 is 25.4. The third-order valence-corrected chi connectivity index (χ3v) is 5.04. The highest BCUT2D eigenvalue weighted by molar-refractivity contribution is 14.1. The minimum Gasteiger partial charge on any atom is -0.339 e. The van der Waals surface area contributed by atoms with Crippen molar-refractivity contribution in [1.82, 2.24) is 10.6 Å². The van der Waals surface area contributed by atoms with Gasteiger partial charge in [0.1, 0.15) is 6.17 Å². The number of thiocarbonyl (C=S) groups is 1. The van der Waals surface area contributed by atoms with Crippen LogP contribution in [0.15, 0.2) is 48.5 Å². The molecule has 0 bridgehead atoms. The van der Waals surface area contributed by atoms with Gasteiger partial charge >= 0.3 is 0 Å². The molecule has 0 fully saturated rings. The van der Waals surface area contributed by atoms with Crippen molar-refractivity contribution >= 4 is 97.9 Å². The summed E-state index contributed by atoms with van der Waals surface area (Å²) in [5.74, 6) is -0.593. The van der Waals surface area contributed by atoms with Gasteiger partial charge < -0.3 is 21.3 Å². The largest absolute Gasteiger partial charge is 0.339 e. The Kier molecular flexibility index (Phi) is 8.77. The molecule has 0 aliphatic carbocycles. The first-order valence-corrected chi connectivity index (χ1v) is 10.7. The fourth-order valence-corrected chi connectivity index (χ4v) is 3.08. The van der Waals surface area contributed by atoms with Crippen molar-refractivity contribution in [2.75, 3.05) is 10.6 Å². The second-order valence-electron chi connectivity index (χ2n) is 5.81. The molecule has 0 aromatic heterocycles. The van der Waals surface area contributed by atoms with Gasteiger partial charge in [-0.15, -0.1) is 0 Å². The molecular weight excluding hydrogens is 570 g/mol. The first-order valence-electron chi connectivity index (χ1n) is 8.13. The van der Waals surface area contributed by atoms with Crippen molar-refractivity contribution < 1.29 is 9.59 Å². The van der Waals surface area contributed by atoms with Crippen LogP contribution in [-0.2, 0) is 4.79 Å². The van der Waals surface area contributed by atoms with E-state index in [1.807, 2.05) is 0 Å². The van der Waals surface area contributed by atoms with E-state index in [1.165, 1.54) is 6.92 Å². The number of nitrogens with one attached hydrogen (secondary N) is 4. The molecule has 2 aromatic rings. The fourth-order valence-electron chi connectivity index (χ4n) is 2.15. The normalized spacial score (nSPS) is 11.9. The number of amides is 2. The zero-order chi connectivity index (χ0) is 21.6. The van der Waals surface area contributed by atoms with E-state index < -0.39 is 15.9 Å². The van der Waals surface area contributed by atoms with Crippen molar-refractivity contribution in [3.63, 3.8) is 0 Å². The van der Waals surface area contributed by atoms with E-state index in [4.69, 9.17) is 47.0 Å². The van der Waals surface area contributed by atoms with Crippen molar-refractivity contribution in [2.45, 2.75) is 16.9 Å². The third kappa shape index (κ3) is 8.13. The van der Waals surface area contributed by atoms with E-state index in [1.54, 1.807) is 48.5 Å². The highest BCUT2D eigenvalue weighted by atomic mass is 127. The maximum absolute atomic E-state index is 12.5. The van der Waals surface area contributed by atoms with Crippen molar-refractivity contribution in [3.8, 4) is 0 Å². The Morgan fingerprint density at radius 3 is 1.93 bits per heavy atom. The molecule has 0 radical (unpaired) electrons. The topological polar surface area (TPSA) is 82.3 Å². The molecule has 2 rings (SSSR count). The van der Waals surface area contributed by atoms with Crippen molar-refractivity contribution in [3.05, 3.63) is 57.7 Å². The molecule has 154 valence electrons. The zero-order valence-electron chi connectivity index (χ0n) is 14.9. The number of rotatable bonds is 5. The molecule has 2 amide bonds. The number of hydrogen-bond donors (Lipinski definition) is 4. The lowest BCUT2D eigenvalue weighted by Crippen LogP contribution is -2.56. The Morgan fingerprint density at radius 2 is 1.45 bits per heavy atom. The van der Waals surface area contributed by atoms with E-state index in [0.29, 0.717) is 16.9 Å². The molecule has 0 aliphatic heterocycles. The van der Waals surface area contributed by atoms with Gasteiger partial charge in [0, 0.05) is 27.4 Å². The van der Waals surface area contributed by atoms with Gasteiger partial charge in [0.25, 0.3) is 5.91 Å². The van der Waals surface area contributed by atoms with Crippen LogP contribution in [0.4, 0.5) is 11.4 Å². The molecule has 0 saturated heterocycles. The first kappa shape index (κ1) is 23.9. The summed E-state index contributed by atoms with van der Waals surface area (Å²) in [6.07, 6.45) is -1.09. The monoisotopic (exact) mass is 584 g/mol. The molecule has 2 aromatic carbocycles. The molecule has 29 heavy (non-hydrogen) atoms. The number of benzene rings is 2. The smallest absolute Gasteiger partial charge is 0.252 e. The Morgan fingerprint density at radius 1 is 0.931 bits per heavy atom. The summed E-state index contributed by atoms with van der Waals surface area (Å²) < 4.78 is -0.870. The van der Waals surface area contributed by atoms with Gasteiger partial charge in [0.2, 0.25) is 9.70 Å². The second-order valence-corrected chi connectivity index (χ2v) is 9.83. The van der Waals surface area contributed by atoms with Crippen LogP contribution < -0.4 is 21.3 Å². The maximum atomic E-state index is 12.5. The van der Waals surface area contributed by atoms with E-state index in [9.17, 15) is 9.59 Å². The Hall–Kier alpha value is -1.33. The molecular formula is C18H16Cl3IN4O2S. The number of anilines is 2. The molecule has 11 heteroatoms. The number of alkyl halides is 3. The molecule has 0 heterocycles. The van der Waals surface area contributed by atoms with Gasteiger partial charge in [-0.25, -0.2) is 0 Å². The molecule has 1 atom stereocenters. The Balaban J connectivity index is 2.02. The molecule has 0 saturated carbocycles. The predicted molar refractivity (Wildman–Crippen MR) is 131 cm³/mol. The Labute approximate surface area is 202 Å². The molecule has 6 nitrogen and oxygen atoms in total. The highest BCUT2D eigenvalue weighted by Crippen LogP contribution is 2.29. The molecule has 0 unspecified atom stereocenters. The van der Waals surface area contributed by atoms with E-state index in [-0.39, 0.29) is 11.0 Å². The molecule has 0 spiro atoms. The summed E-state index contributed by atoms with van der Waals surface area (Å²) in [5.41, 5.74) is 1.70. The van der Waals surface area contributed by atoms with E-state index >= 15 is 0 Å². The highest BCUT2D eigenvalue weighted by Gasteiger charge is 2.34. The lowest BCUT2D eigenvalue weighted by molar-refractivity contribution is -0.114. The van der Waals surface area contributed by atoms with Gasteiger partial charge in [-0.1, -0.05) is 34.8 Å². The average molecular weight is 586 g/mol. The summed E-state index contributed by atoms with van der Waals surface area (Å²) in [6, 6.07) is 13.8. The molecule has 4 N–H and O–H groups in total. The van der Waals surface area contributed by atoms with Crippen LogP contribution >= 0.6 is 69.6 Å². The van der Waals surface area contributed by atoms with E-state index in [2.05, 4.69) is 43.9 Å². The minimum atomic E-state index is -1.86. The van der Waals surface area contributed by atoms with Crippen molar-refractivity contribution in [1.29, 1.82) is 0 Å². The standard InChI is InChI=1S/C18H16Cl3IN4O2S/c1-10(27)23-13-6-8-14(9-7-13)24-17(29)26-16(18(19,20)21)25-15(28)11-2-4-12(22)5-3-11/h2-9,16H,1H3,(H,23,27)(H,25,28)(H2,24,26,29)/t16-/m0/s1. The summed E-state index contributed by atoms with van der Waals surface area (Å²) in [7, 11) is 0. The van der Waals surface area contributed by atoms with Gasteiger partial charge in [0.05, 0.1) is 0 Å². The van der Waals surface area contributed by atoms with Gasteiger partial charge in [-0.3, -0.25) is 9.59 Å². The SMILES string of the molecule is CC(=O)Nc1ccc(NC(=S)N[C@H](NC(=O)c2ccc(I)cc2)C(Cl)(Cl)Cl)cc1. The summed E-state index contributed by atoms with van der Waals surface area (Å²) in [6.45, 7) is 1.42. The second kappa shape index (κ2) is 10.6. The maximum Gasteiger partial charge on any atom is 0.252 e. The quantitative estimate of drug-likeness (QED) is 0.178. The van der Waals surface area contributed by atoms with Crippen LogP contribution in [0.5, 0.6) is 0 Å². The average Bonchev–Trinajstić information content (AvgIpc) is 2.62. The van der Waals surface area contributed by atoms with Crippen LogP contribution in [0.2, 0.25) is 0 Å². The zero-order valence-corrected chi connectivity index (χ0v) is 20.2. The van der Waals surface area contributed by atoms with Gasteiger partial charge in [-0.2, -0.15) is 0 Å². The van der Waals surface area contributed by atoms with Gasteiger partial charge in [-0.05, 0) is 83.3 Å². The van der Waals surface area contributed by atoms with Crippen LogP contribution in [0.25, 0.3) is 0 Å². The van der Waals surface area contributed by atoms with Crippen LogP contribution in [0.3, 0.4) is 0 Å². The number of halogens is 4. The third-order valence-electron chi connectivity index (χ3n) is 3.45. The van der Waals surface area contributed by atoms with E-state index in [0.717, 1.165) is 3.57 Å². The Bertz CT molecular complexity index is 889. The number of carbonyl (C=O) groups excluding carboxylic acids is 2. The van der Waals surface area contributed by atoms with Crippen LogP contribution in [0.1, 0.15) is 17.3 Å². The predicted octanol–water partition coefficient (Wildman–Crippen LogP) is 4.66. The molecule has 0 aliphatic rings. The minimum absolute atomic E-state index is 0.136. The van der Waals surface area contributed by atoms with Crippen LogP contribution in [-0.4, -0.2) is 26.9 Å². The summed E-state index contributed by atoms with van der Waals surface area (Å²) in [5, 5.41) is 11.1. The number of hydrogen-bond acceptors (Lipinski definition) is 3. The van der Waals surface area contributed by atoms with Crippen LogP contribution in [0, 0.1) is 3.57 Å². The fraction of sp³-hybridized carbons (Fsp3) is 0.167. The summed E-state index contributed by atoms with van der Waals surface area (Å²) in [4.78, 5) is 23.5. The van der Waals surface area contributed by atoms with Gasteiger partial charge in [0.15, 0.2) is 5.11 Å². The number of carbonyl (C=O) groups is 2. The first-order chi connectivity index (χ1) is 13.5. The van der Waals surface area contributed by atoms with Crippen molar-refractivity contribution in [2.24, 2.45) is 0 Å². The lowest BCUT2D eigenvalue weighted by Gasteiger charge is -2.27. The lowest BCUT2D eigenvalue weighted by atomic mass is 10.2.